The third-order valence-corrected chi connectivity index (χ3v) is 4.90. The van der Waals surface area contributed by atoms with Crippen molar-refractivity contribution in [3.63, 3.8) is 0 Å². The van der Waals surface area contributed by atoms with Crippen LogP contribution in [-0.2, 0) is 16.0 Å². The van der Waals surface area contributed by atoms with Crippen molar-refractivity contribution >= 4 is 17.7 Å². The van der Waals surface area contributed by atoms with Gasteiger partial charge in [-0.25, -0.2) is 4.79 Å². The van der Waals surface area contributed by atoms with E-state index in [0.29, 0.717) is 18.4 Å². The van der Waals surface area contributed by atoms with Gasteiger partial charge in [0, 0.05) is 29.8 Å². The van der Waals surface area contributed by atoms with E-state index >= 15 is 0 Å². The summed E-state index contributed by atoms with van der Waals surface area (Å²) in [5, 5.41) is 9.53. The lowest BCUT2D eigenvalue weighted by Gasteiger charge is -2.32. The monoisotopic (exact) mass is 279 g/mol. The van der Waals surface area contributed by atoms with E-state index in [-0.39, 0.29) is 0 Å². The van der Waals surface area contributed by atoms with Crippen LogP contribution in [0.4, 0.5) is 0 Å². The number of rotatable bonds is 3. The number of ether oxygens (including phenoxy) is 1. The molecule has 0 aliphatic carbocycles. The van der Waals surface area contributed by atoms with Gasteiger partial charge in [-0.3, -0.25) is 4.90 Å². The predicted octanol–water partition coefficient (Wildman–Crippen LogP) is 1.49. The van der Waals surface area contributed by atoms with Crippen LogP contribution in [0, 0.1) is 0 Å². The topological polar surface area (TPSA) is 49.8 Å². The van der Waals surface area contributed by atoms with Crippen molar-refractivity contribution in [3.8, 4) is 0 Å². The molecule has 0 amide bonds. The van der Waals surface area contributed by atoms with E-state index < -0.39 is 12.1 Å². The molecule has 5 heteroatoms. The highest BCUT2D eigenvalue weighted by Crippen LogP contribution is 2.37. The van der Waals surface area contributed by atoms with Crippen LogP contribution in [0.3, 0.4) is 0 Å². The standard InChI is InChI=1S/C14H17NO3S/c16-14(17)12-9-15(5-6-18-12)8-11-7-10-3-1-2-4-13(10)19-11/h1-4,11-12H,5-9H2,(H,16,17). The first-order valence-corrected chi connectivity index (χ1v) is 7.41. The Morgan fingerprint density at radius 2 is 2.32 bits per heavy atom. The molecule has 1 aromatic rings. The molecule has 2 heterocycles. The summed E-state index contributed by atoms with van der Waals surface area (Å²) < 4.78 is 5.25. The first-order chi connectivity index (χ1) is 9.22. The molecular weight excluding hydrogens is 262 g/mol. The van der Waals surface area contributed by atoms with Crippen LogP contribution in [0.5, 0.6) is 0 Å². The number of hydrogen-bond donors (Lipinski definition) is 1. The summed E-state index contributed by atoms with van der Waals surface area (Å²) in [5.41, 5.74) is 1.42. The Kier molecular flexibility index (Phi) is 3.77. The van der Waals surface area contributed by atoms with Gasteiger partial charge in [-0.05, 0) is 18.1 Å². The fourth-order valence-electron chi connectivity index (χ4n) is 2.66. The Hall–Kier alpha value is -1.04. The largest absolute Gasteiger partial charge is 0.479 e. The molecule has 19 heavy (non-hydrogen) atoms. The Balaban J connectivity index is 1.57. The lowest BCUT2D eigenvalue weighted by atomic mass is 10.1. The van der Waals surface area contributed by atoms with E-state index in [1.807, 2.05) is 11.8 Å². The molecule has 102 valence electrons. The third kappa shape index (κ3) is 2.94. The summed E-state index contributed by atoms with van der Waals surface area (Å²) in [5.74, 6) is -0.855. The third-order valence-electron chi connectivity index (χ3n) is 3.60. The molecule has 0 spiro atoms. The van der Waals surface area contributed by atoms with Gasteiger partial charge in [0.05, 0.1) is 6.61 Å². The normalized spacial score (nSPS) is 27.2. The minimum absolute atomic E-state index is 0.503. The van der Waals surface area contributed by atoms with Gasteiger partial charge < -0.3 is 9.84 Å². The van der Waals surface area contributed by atoms with Crippen molar-refractivity contribution in [1.29, 1.82) is 0 Å². The highest BCUT2D eigenvalue weighted by Gasteiger charge is 2.29. The molecule has 1 aromatic carbocycles. The highest BCUT2D eigenvalue weighted by atomic mass is 32.2. The fourth-order valence-corrected chi connectivity index (χ4v) is 4.03. The average molecular weight is 279 g/mol. The molecule has 0 bridgehead atoms. The Labute approximate surface area is 116 Å². The number of carbonyl (C=O) groups is 1. The zero-order valence-electron chi connectivity index (χ0n) is 10.6. The maximum atomic E-state index is 11.0. The first kappa shape index (κ1) is 13.0. The molecule has 1 saturated heterocycles. The van der Waals surface area contributed by atoms with E-state index in [9.17, 15) is 4.79 Å². The van der Waals surface area contributed by atoms with Crippen molar-refractivity contribution in [2.45, 2.75) is 22.7 Å². The lowest BCUT2D eigenvalue weighted by Crippen LogP contribution is -2.47. The molecule has 1 fully saturated rings. The number of carboxylic acid groups (broad SMARTS) is 1. The summed E-state index contributed by atoms with van der Waals surface area (Å²) in [6, 6.07) is 8.50. The summed E-state index contributed by atoms with van der Waals surface area (Å²) >= 11 is 1.91. The SMILES string of the molecule is O=C(O)C1CN(CC2Cc3ccccc3S2)CCO1. The van der Waals surface area contributed by atoms with Crippen molar-refractivity contribution in [2.75, 3.05) is 26.2 Å². The fraction of sp³-hybridized carbons (Fsp3) is 0.500. The molecule has 2 atom stereocenters. The zero-order chi connectivity index (χ0) is 13.2. The molecule has 0 aromatic heterocycles. The predicted molar refractivity (Wildman–Crippen MR) is 73.6 cm³/mol. The maximum absolute atomic E-state index is 11.0. The minimum Gasteiger partial charge on any atom is -0.479 e. The van der Waals surface area contributed by atoms with Crippen LogP contribution in [-0.4, -0.2) is 53.6 Å². The van der Waals surface area contributed by atoms with Gasteiger partial charge in [0.2, 0.25) is 0 Å². The van der Waals surface area contributed by atoms with E-state index in [2.05, 4.69) is 29.2 Å². The summed E-state index contributed by atoms with van der Waals surface area (Å²) in [4.78, 5) is 14.5. The van der Waals surface area contributed by atoms with Gasteiger partial charge in [0.25, 0.3) is 0 Å². The second-order valence-electron chi connectivity index (χ2n) is 5.01. The number of carboxylic acids is 1. The number of benzene rings is 1. The second-order valence-corrected chi connectivity index (χ2v) is 6.35. The zero-order valence-corrected chi connectivity index (χ0v) is 11.4. The number of morpholine rings is 1. The van der Waals surface area contributed by atoms with Gasteiger partial charge in [-0.1, -0.05) is 18.2 Å². The van der Waals surface area contributed by atoms with E-state index in [1.165, 1.54) is 10.5 Å². The van der Waals surface area contributed by atoms with Crippen LogP contribution in [0.2, 0.25) is 0 Å². The van der Waals surface area contributed by atoms with Crippen molar-refractivity contribution < 1.29 is 14.6 Å². The summed E-state index contributed by atoms with van der Waals surface area (Å²) in [6.45, 7) is 2.79. The Morgan fingerprint density at radius 1 is 1.47 bits per heavy atom. The van der Waals surface area contributed by atoms with Crippen LogP contribution in [0.25, 0.3) is 0 Å². The van der Waals surface area contributed by atoms with E-state index in [0.717, 1.165) is 19.5 Å². The first-order valence-electron chi connectivity index (χ1n) is 6.53. The molecule has 4 nitrogen and oxygen atoms in total. The smallest absolute Gasteiger partial charge is 0.334 e. The second kappa shape index (κ2) is 5.53. The number of thioether (sulfide) groups is 1. The quantitative estimate of drug-likeness (QED) is 0.908. The molecule has 0 saturated carbocycles. The van der Waals surface area contributed by atoms with Crippen molar-refractivity contribution in [3.05, 3.63) is 29.8 Å². The van der Waals surface area contributed by atoms with Crippen LogP contribution >= 0.6 is 11.8 Å². The van der Waals surface area contributed by atoms with Gasteiger partial charge in [-0.15, -0.1) is 11.8 Å². The van der Waals surface area contributed by atoms with Gasteiger partial charge in [0.1, 0.15) is 0 Å². The molecule has 2 aliphatic heterocycles. The number of fused-ring (bicyclic) bond motifs is 1. The van der Waals surface area contributed by atoms with Crippen molar-refractivity contribution in [2.24, 2.45) is 0 Å². The molecule has 1 N–H and O–H groups in total. The molecular formula is C14H17NO3S. The Bertz CT molecular complexity index is 455. The molecule has 2 aliphatic rings. The lowest BCUT2D eigenvalue weighted by molar-refractivity contribution is -0.155. The molecule has 3 rings (SSSR count). The van der Waals surface area contributed by atoms with Gasteiger partial charge in [-0.2, -0.15) is 0 Å². The maximum Gasteiger partial charge on any atom is 0.334 e. The van der Waals surface area contributed by atoms with E-state index in [1.54, 1.807) is 0 Å². The molecule has 2 unspecified atom stereocenters. The number of nitrogens with zero attached hydrogens (tertiary/aromatic N) is 1. The summed E-state index contributed by atoms with van der Waals surface area (Å²) in [7, 11) is 0. The van der Waals surface area contributed by atoms with Crippen LogP contribution < -0.4 is 0 Å². The van der Waals surface area contributed by atoms with Crippen LogP contribution in [0.1, 0.15) is 5.56 Å². The average Bonchev–Trinajstić information content (AvgIpc) is 2.81. The molecule has 0 radical (unpaired) electrons. The van der Waals surface area contributed by atoms with Gasteiger partial charge in [0.15, 0.2) is 6.10 Å². The minimum atomic E-state index is -0.855. The number of hydrogen-bond acceptors (Lipinski definition) is 4. The van der Waals surface area contributed by atoms with Gasteiger partial charge >= 0.3 is 5.97 Å². The van der Waals surface area contributed by atoms with Crippen molar-refractivity contribution in [1.82, 2.24) is 4.90 Å². The van der Waals surface area contributed by atoms with E-state index in [4.69, 9.17) is 9.84 Å². The Morgan fingerprint density at radius 3 is 3.11 bits per heavy atom. The van der Waals surface area contributed by atoms with Crippen LogP contribution in [0.15, 0.2) is 29.2 Å². The highest BCUT2D eigenvalue weighted by molar-refractivity contribution is 8.00. The number of aliphatic carboxylic acids is 1. The summed E-state index contributed by atoms with van der Waals surface area (Å²) in [6.07, 6.45) is 0.415.